The SMILES string of the molecule is CC/C=C/C=C/C=C\C=C/C=C/CCCC(CC(=O)NC(CO)C(O)CCCCCCCCCCCCCCCCC)OC(=O)CCCCCC/C=C\C/C=C\C/C=C\CCCCC. The molecule has 0 saturated heterocycles. The van der Waals surface area contributed by atoms with Crippen molar-refractivity contribution in [3.63, 3.8) is 0 Å². The third-order valence-electron chi connectivity index (χ3n) is 11.5. The van der Waals surface area contributed by atoms with Gasteiger partial charge in [-0.05, 0) is 77.0 Å². The van der Waals surface area contributed by atoms with Crippen molar-refractivity contribution in [2.24, 2.45) is 0 Å². The topological polar surface area (TPSA) is 95.9 Å². The van der Waals surface area contributed by atoms with E-state index in [9.17, 15) is 19.8 Å². The number of carbonyl (C=O) groups is 2. The van der Waals surface area contributed by atoms with Gasteiger partial charge < -0.3 is 20.3 Å². The summed E-state index contributed by atoms with van der Waals surface area (Å²) in [5.41, 5.74) is 0. The van der Waals surface area contributed by atoms with Crippen LogP contribution in [0.15, 0.2) is 97.2 Å². The molecule has 6 nitrogen and oxygen atoms in total. The molecule has 3 unspecified atom stereocenters. The fourth-order valence-electron chi connectivity index (χ4n) is 7.52. The molecule has 0 aliphatic heterocycles. The van der Waals surface area contributed by atoms with Crippen LogP contribution in [-0.4, -0.2) is 46.9 Å². The zero-order chi connectivity index (χ0) is 46.7. The fourth-order valence-corrected chi connectivity index (χ4v) is 7.52. The van der Waals surface area contributed by atoms with Crippen molar-refractivity contribution in [3.05, 3.63) is 97.2 Å². The monoisotopic (exact) mass is 890 g/mol. The first-order chi connectivity index (χ1) is 31.5. The summed E-state index contributed by atoms with van der Waals surface area (Å²) in [4.78, 5) is 26.1. The third-order valence-corrected chi connectivity index (χ3v) is 11.5. The number of unbranched alkanes of at least 4 members (excludes halogenated alkanes) is 22. The molecule has 0 aromatic heterocycles. The summed E-state index contributed by atoms with van der Waals surface area (Å²) in [7, 11) is 0. The number of hydrogen-bond donors (Lipinski definition) is 3. The second-order valence-corrected chi connectivity index (χ2v) is 17.7. The predicted molar refractivity (Wildman–Crippen MR) is 277 cm³/mol. The van der Waals surface area contributed by atoms with E-state index in [4.69, 9.17) is 4.74 Å². The van der Waals surface area contributed by atoms with Crippen molar-refractivity contribution in [1.29, 1.82) is 0 Å². The van der Waals surface area contributed by atoms with Crippen LogP contribution in [0.25, 0.3) is 0 Å². The van der Waals surface area contributed by atoms with Crippen molar-refractivity contribution in [2.75, 3.05) is 6.61 Å². The van der Waals surface area contributed by atoms with E-state index in [-0.39, 0.29) is 24.9 Å². The molecule has 366 valence electrons. The lowest BCUT2D eigenvalue weighted by Crippen LogP contribution is -2.46. The number of esters is 1. The van der Waals surface area contributed by atoms with E-state index >= 15 is 0 Å². The van der Waals surface area contributed by atoms with Gasteiger partial charge in [0.05, 0.1) is 25.2 Å². The minimum Gasteiger partial charge on any atom is -0.462 e. The summed E-state index contributed by atoms with van der Waals surface area (Å²) >= 11 is 0. The van der Waals surface area contributed by atoms with Gasteiger partial charge in [0.15, 0.2) is 0 Å². The van der Waals surface area contributed by atoms with Gasteiger partial charge in [-0.1, -0.05) is 240 Å². The Bertz CT molecular complexity index is 1270. The first-order valence-electron chi connectivity index (χ1n) is 26.5. The lowest BCUT2D eigenvalue weighted by molar-refractivity contribution is -0.151. The summed E-state index contributed by atoms with van der Waals surface area (Å²) in [5, 5.41) is 23.8. The van der Waals surface area contributed by atoms with Gasteiger partial charge in [0.2, 0.25) is 5.91 Å². The van der Waals surface area contributed by atoms with Crippen LogP contribution in [0.5, 0.6) is 0 Å². The summed E-state index contributed by atoms with van der Waals surface area (Å²) in [6.45, 7) is 6.29. The molecule has 0 bridgehead atoms. The Hall–Kier alpha value is -3.22. The third kappa shape index (κ3) is 45.4. The summed E-state index contributed by atoms with van der Waals surface area (Å²) in [6.07, 6.45) is 67.5. The van der Waals surface area contributed by atoms with Crippen LogP contribution in [-0.2, 0) is 14.3 Å². The number of hydrogen-bond acceptors (Lipinski definition) is 5. The molecular formula is C58H99NO5. The highest BCUT2D eigenvalue weighted by Gasteiger charge is 2.24. The van der Waals surface area contributed by atoms with Gasteiger partial charge in [-0.25, -0.2) is 0 Å². The Morgan fingerprint density at radius 3 is 1.47 bits per heavy atom. The molecule has 6 heteroatoms. The summed E-state index contributed by atoms with van der Waals surface area (Å²) in [5.74, 6) is -0.577. The van der Waals surface area contributed by atoms with Gasteiger partial charge in [-0.2, -0.15) is 0 Å². The molecule has 0 fully saturated rings. The van der Waals surface area contributed by atoms with E-state index in [0.29, 0.717) is 19.3 Å². The molecule has 0 heterocycles. The fraction of sp³-hybridized carbons (Fsp3) is 0.690. The highest BCUT2D eigenvalue weighted by molar-refractivity contribution is 5.77. The molecule has 0 rings (SSSR count). The van der Waals surface area contributed by atoms with Crippen molar-refractivity contribution in [1.82, 2.24) is 5.32 Å². The average molecular weight is 890 g/mol. The number of carbonyl (C=O) groups excluding carboxylic acids is 2. The maximum atomic E-state index is 13.2. The van der Waals surface area contributed by atoms with E-state index in [1.165, 1.54) is 103 Å². The Morgan fingerprint density at radius 1 is 0.484 bits per heavy atom. The zero-order valence-electron chi connectivity index (χ0n) is 41.6. The van der Waals surface area contributed by atoms with Crippen LogP contribution in [0.3, 0.4) is 0 Å². The van der Waals surface area contributed by atoms with E-state index in [1.807, 2.05) is 48.6 Å². The number of aliphatic hydroxyl groups is 2. The number of allylic oxidation sites excluding steroid dienone is 16. The van der Waals surface area contributed by atoms with E-state index in [2.05, 4.69) is 74.7 Å². The smallest absolute Gasteiger partial charge is 0.306 e. The number of nitrogens with one attached hydrogen (secondary N) is 1. The number of amides is 1. The number of ether oxygens (including phenoxy) is 1. The highest BCUT2D eigenvalue weighted by atomic mass is 16.5. The minimum atomic E-state index is -0.816. The molecule has 0 aromatic carbocycles. The van der Waals surface area contributed by atoms with Gasteiger partial charge in [0.1, 0.15) is 6.10 Å². The molecule has 0 aliphatic rings. The van der Waals surface area contributed by atoms with Crippen LogP contribution in [0, 0.1) is 0 Å². The second-order valence-electron chi connectivity index (χ2n) is 17.7. The molecule has 3 atom stereocenters. The van der Waals surface area contributed by atoms with Crippen LogP contribution in [0.2, 0.25) is 0 Å². The largest absolute Gasteiger partial charge is 0.462 e. The Kier molecular flexibility index (Phi) is 48.2. The second kappa shape index (κ2) is 50.8. The molecule has 3 N–H and O–H groups in total. The quantitative estimate of drug-likeness (QED) is 0.0245. The van der Waals surface area contributed by atoms with Crippen molar-refractivity contribution in [3.8, 4) is 0 Å². The van der Waals surface area contributed by atoms with Gasteiger partial charge in [0.25, 0.3) is 0 Å². The Balaban J connectivity index is 4.69. The molecule has 0 saturated carbocycles. The van der Waals surface area contributed by atoms with Crippen LogP contribution >= 0.6 is 0 Å². The van der Waals surface area contributed by atoms with Crippen molar-refractivity contribution < 1.29 is 24.5 Å². The Morgan fingerprint density at radius 2 is 0.922 bits per heavy atom. The standard InChI is InChI=1S/C58H99NO5/c1-4-7-10-13-16-19-22-25-27-28-30-33-36-39-42-45-48-51-58(63)64-54(49-46-43-40-37-34-31-24-21-18-15-12-9-6-3)52-57(62)59-55(53-60)56(61)50-47-44-41-38-35-32-29-26-23-20-17-14-11-8-5-2/h9,12,15-16,18-19,21,24-25,27,30-31,33-34,37,40,54-56,60-61H,4-8,10-11,13-14,17,20,22-23,26,28-29,32,35-36,38-39,41-53H2,1-3H3,(H,59,62)/b12-9+,18-15+,19-16-,24-21-,27-25-,33-30-,34-31-,40-37+. The van der Waals surface area contributed by atoms with Gasteiger partial charge in [-0.3, -0.25) is 9.59 Å². The Labute approximate surface area is 395 Å². The van der Waals surface area contributed by atoms with E-state index < -0.39 is 18.2 Å². The lowest BCUT2D eigenvalue weighted by Gasteiger charge is -2.24. The molecule has 0 spiro atoms. The summed E-state index contributed by atoms with van der Waals surface area (Å²) in [6, 6.07) is -0.735. The maximum absolute atomic E-state index is 13.2. The number of rotatable bonds is 46. The molecular weight excluding hydrogens is 791 g/mol. The first-order valence-corrected chi connectivity index (χ1v) is 26.5. The lowest BCUT2D eigenvalue weighted by atomic mass is 10.0. The van der Waals surface area contributed by atoms with E-state index in [1.54, 1.807) is 0 Å². The van der Waals surface area contributed by atoms with Gasteiger partial charge in [-0.15, -0.1) is 0 Å². The average Bonchev–Trinajstić information content (AvgIpc) is 3.29. The predicted octanol–water partition coefficient (Wildman–Crippen LogP) is 16.1. The van der Waals surface area contributed by atoms with Gasteiger partial charge >= 0.3 is 5.97 Å². The number of aliphatic hydroxyl groups excluding tert-OH is 2. The van der Waals surface area contributed by atoms with Crippen LogP contribution in [0.1, 0.15) is 233 Å². The van der Waals surface area contributed by atoms with Gasteiger partial charge in [0, 0.05) is 6.42 Å². The summed E-state index contributed by atoms with van der Waals surface area (Å²) < 4.78 is 5.89. The normalized spacial score (nSPS) is 14.0. The maximum Gasteiger partial charge on any atom is 0.306 e. The zero-order valence-corrected chi connectivity index (χ0v) is 41.6. The molecule has 1 amide bonds. The minimum absolute atomic E-state index is 0.0144. The molecule has 64 heavy (non-hydrogen) atoms. The first kappa shape index (κ1) is 60.8. The highest BCUT2D eigenvalue weighted by Crippen LogP contribution is 2.17. The van der Waals surface area contributed by atoms with Crippen molar-refractivity contribution >= 4 is 11.9 Å². The van der Waals surface area contributed by atoms with E-state index in [0.717, 1.165) is 83.5 Å². The van der Waals surface area contributed by atoms with Crippen LogP contribution < -0.4 is 5.32 Å². The van der Waals surface area contributed by atoms with Crippen LogP contribution in [0.4, 0.5) is 0 Å². The molecule has 0 aromatic rings. The molecule has 0 radical (unpaired) electrons. The molecule has 0 aliphatic carbocycles. The van der Waals surface area contributed by atoms with Crippen molar-refractivity contribution in [2.45, 2.75) is 251 Å².